The summed E-state index contributed by atoms with van der Waals surface area (Å²) >= 11 is 1.08. The Morgan fingerprint density at radius 3 is 2.42 bits per heavy atom. The molecule has 0 aliphatic heterocycles. The maximum Gasteiger partial charge on any atom is 0.273 e. The summed E-state index contributed by atoms with van der Waals surface area (Å²) in [6.07, 6.45) is 1.69. The maximum atomic E-state index is 13.9. The Labute approximate surface area is 224 Å². The van der Waals surface area contributed by atoms with Gasteiger partial charge in [-0.3, -0.25) is 14.2 Å². The molecule has 0 atom stereocenters. The van der Waals surface area contributed by atoms with Crippen LogP contribution in [0, 0.1) is 32.1 Å². The molecule has 0 saturated carbocycles. The first-order valence-electron chi connectivity index (χ1n) is 11.8. The number of carbonyl (C=O) groups is 1. The lowest BCUT2D eigenvalue weighted by Crippen LogP contribution is -2.32. The molecule has 0 fully saturated rings. The van der Waals surface area contributed by atoms with Gasteiger partial charge >= 0.3 is 0 Å². The number of thiazole rings is 1. The number of nitriles is 1. The molecule has 0 unspecified atom stereocenters. The topological polar surface area (TPSA) is 93.3 Å². The van der Waals surface area contributed by atoms with E-state index < -0.39 is 5.91 Å². The van der Waals surface area contributed by atoms with E-state index in [0.29, 0.717) is 33.0 Å². The summed E-state index contributed by atoms with van der Waals surface area (Å²) in [7, 11) is 3.10. The Balaban J connectivity index is 2.04. The number of carbonyl (C=O) groups excluding carboxylic acids is 1. The van der Waals surface area contributed by atoms with E-state index >= 15 is 0 Å². The fraction of sp³-hybridized carbons (Fsp3) is 0.167. The molecule has 3 aromatic carbocycles. The van der Waals surface area contributed by atoms with E-state index in [1.54, 1.807) is 50.6 Å². The van der Waals surface area contributed by atoms with Gasteiger partial charge < -0.3 is 14.8 Å². The predicted molar refractivity (Wildman–Crippen MR) is 151 cm³/mol. The van der Waals surface area contributed by atoms with Crippen LogP contribution >= 0.6 is 11.3 Å². The third kappa shape index (κ3) is 5.24. The van der Waals surface area contributed by atoms with E-state index in [-0.39, 0.29) is 15.8 Å². The maximum absolute atomic E-state index is 13.9. The van der Waals surface area contributed by atoms with Crippen molar-refractivity contribution in [2.75, 3.05) is 19.5 Å². The number of amides is 1. The molecular weight excluding hydrogens is 498 g/mol. The first-order chi connectivity index (χ1) is 18.3. The minimum Gasteiger partial charge on any atom is -0.497 e. The molecule has 7 nitrogen and oxygen atoms in total. The summed E-state index contributed by atoms with van der Waals surface area (Å²) in [4.78, 5) is 27.2. The van der Waals surface area contributed by atoms with Gasteiger partial charge in [0.25, 0.3) is 11.5 Å². The predicted octanol–water partition coefficient (Wildman–Crippen LogP) is 3.98. The number of hydrogen-bond donors (Lipinski definition) is 1. The van der Waals surface area contributed by atoms with E-state index in [2.05, 4.69) is 5.32 Å². The lowest BCUT2D eigenvalue weighted by atomic mass is 10.1. The highest BCUT2D eigenvalue weighted by molar-refractivity contribution is 7.07. The number of nitrogens with zero attached hydrogens (tertiary/aromatic N) is 2. The van der Waals surface area contributed by atoms with Crippen LogP contribution in [0.1, 0.15) is 22.3 Å². The number of nitrogens with one attached hydrogen (secondary N) is 1. The average molecular weight is 526 g/mol. The molecule has 4 rings (SSSR count). The summed E-state index contributed by atoms with van der Waals surface area (Å²) in [5, 5.41) is 12.9. The minimum atomic E-state index is -0.591. The standard InChI is InChI=1S/C30H27N3O4S/c1-18-10-12-25(20(3)14-18)33-29(35)27(16-21-15-22(36-4)11-13-26(21)37-5)38-30(33)23(17-31)28(34)32-24-9-7-6-8-19(24)2/h6-16H,1-5H3,(H,32,34)/b27-16+,30-23-. The van der Waals surface area contributed by atoms with Crippen molar-refractivity contribution in [3.63, 3.8) is 0 Å². The number of methoxy groups -OCH3 is 2. The van der Waals surface area contributed by atoms with Gasteiger partial charge in [0.05, 0.1) is 24.4 Å². The number of aromatic nitrogens is 1. The van der Waals surface area contributed by atoms with Crippen molar-refractivity contribution in [1.82, 2.24) is 4.57 Å². The van der Waals surface area contributed by atoms with Crippen molar-refractivity contribution in [3.05, 3.63) is 102 Å². The molecular formula is C30H27N3O4S. The molecule has 0 spiro atoms. The van der Waals surface area contributed by atoms with Gasteiger partial charge in [-0.1, -0.05) is 35.9 Å². The zero-order valence-electron chi connectivity index (χ0n) is 21.8. The van der Waals surface area contributed by atoms with E-state index in [9.17, 15) is 14.9 Å². The van der Waals surface area contributed by atoms with Crippen LogP contribution in [0.15, 0.2) is 65.5 Å². The fourth-order valence-electron chi connectivity index (χ4n) is 4.11. The number of rotatable bonds is 6. The largest absolute Gasteiger partial charge is 0.497 e. The lowest BCUT2D eigenvalue weighted by Gasteiger charge is -2.10. The van der Waals surface area contributed by atoms with E-state index in [4.69, 9.17) is 9.47 Å². The SMILES string of the molecule is COc1ccc(OC)c(/C=c2/s/c(=C(/C#N)C(=O)Nc3ccccc3C)n(-c3ccc(C)cc3C)c2=O)c1. The lowest BCUT2D eigenvalue weighted by molar-refractivity contribution is -0.111. The third-order valence-corrected chi connectivity index (χ3v) is 7.18. The zero-order valence-corrected chi connectivity index (χ0v) is 22.6. The van der Waals surface area contributed by atoms with Crippen LogP contribution in [-0.2, 0) is 4.79 Å². The molecule has 38 heavy (non-hydrogen) atoms. The Morgan fingerprint density at radius 1 is 1.00 bits per heavy atom. The summed E-state index contributed by atoms with van der Waals surface area (Å²) in [6, 6.07) is 20.3. The highest BCUT2D eigenvalue weighted by Crippen LogP contribution is 2.24. The molecule has 0 saturated heterocycles. The second-order valence-corrected chi connectivity index (χ2v) is 9.74. The van der Waals surface area contributed by atoms with E-state index in [0.717, 1.165) is 28.0 Å². The Kier molecular flexibility index (Phi) is 7.79. The number of benzene rings is 3. The van der Waals surface area contributed by atoms with Gasteiger partial charge in [-0.05, 0) is 68.3 Å². The molecule has 0 bridgehead atoms. The number of hydrogen-bond acceptors (Lipinski definition) is 6. The molecule has 8 heteroatoms. The van der Waals surface area contributed by atoms with Crippen LogP contribution in [0.5, 0.6) is 11.5 Å². The highest BCUT2D eigenvalue weighted by Gasteiger charge is 2.19. The van der Waals surface area contributed by atoms with Crippen molar-refractivity contribution in [2.45, 2.75) is 20.8 Å². The van der Waals surface area contributed by atoms with Gasteiger partial charge in [0.15, 0.2) is 5.57 Å². The summed E-state index contributed by atoms with van der Waals surface area (Å²) < 4.78 is 12.8. The fourth-order valence-corrected chi connectivity index (χ4v) is 5.20. The van der Waals surface area contributed by atoms with Gasteiger partial charge in [-0.25, -0.2) is 0 Å². The molecule has 0 radical (unpaired) electrons. The second-order valence-electron chi connectivity index (χ2n) is 8.71. The third-order valence-electron chi connectivity index (χ3n) is 6.09. The quantitative estimate of drug-likeness (QED) is 0.411. The smallest absolute Gasteiger partial charge is 0.273 e. The number of anilines is 1. The van der Waals surface area contributed by atoms with Gasteiger partial charge in [-0.15, -0.1) is 11.3 Å². The summed E-state index contributed by atoms with van der Waals surface area (Å²) in [6.45, 7) is 5.72. The van der Waals surface area contributed by atoms with Crippen LogP contribution in [0.25, 0.3) is 17.3 Å². The highest BCUT2D eigenvalue weighted by atomic mass is 32.1. The average Bonchev–Trinajstić information content (AvgIpc) is 3.21. The van der Waals surface area contributed by atoms with Crippen LogP contribution in [0.3, 0.4) is 0 Å². The molecule has 1 aromatic heterocycles. The molecule has 4 aromatic rings. The van der Waals surface area contributed by atoms with Crippen LogP contribution in [0.4, 0.5) is 5.69 Å². The van der Waals surface area contributed by atoms with Crippen LogP contribution in [0.2, 0.25) is 0 Å². The molecule has 1 N–H and O–H groups in total. The van der Waals surface area contributed by atoms with Crippen LogP contribution in [-0.4, -0.2) is 24.7 Å². The first-order valence-corrected chi connectivity index (χ1v) is 12.6. The van der Waals surface area contributed by atoms with Crippen LogP contribution < -0.4 is 29.5 Å². The Bertz CT molecular complexity index is 1760. The Hall–Kier alpha value is -4.61. The summed E-state index contributed by atoms with van der Waals surface area (Å²) in [5.74, 6) is 0.567. The van der Waals surface area contributed by atoms with Crippen molar-refractivity contribution < 1.29 is 14.3 Å². The van der Waals surface area contributed by atoms with Crippen molar-refractivity contribution in [2.24, 2.45) is 0 Å². The molecule has 1 heterocycles. The van der Waals surface area contributed by atoms with Gasteiger partial charge in [0.2, 0.25) is 0 Å². The minimum absolute atomic E-state index is 0.160. The molecule has 1 amide bonds. The first kappa shape index (κ1) is 26.5. The molecule has 0 aliphatic rings. The zero-order chi connectivity index (χ0) is 27.4. The Morgan fingerprint density at radius 2 is 1.76 bits per heavy atom. The van der Waals surface area contributed by atoms with Crippen molar-refractivity contribution in [1.29, 1.82) is 5.26 Å². The molecule has 0 aliphatic carbocycles. The second kappa shape index (κ2) is 11.2. The van der Waals surface area contributed by atoms with Gasteiger partial charge in [0.1, 0.15) is 22.2 Å². The van der Waals surface area contributed by atoms with E-state index in [1.165, 1.54) is 4.57 Å². The molecule has 192 valence electrons. The normalized spacial score (nSPS) is 12.1. The number of aryl methyl sites for hydroxylation is 3. The summed E-state index contributed by atoms with van der Waals surface area (Å²) in [5.41, 5.74) is 4.04. The monoisotopic (exact) mass is 525 g/mol. The van der Waals surface area contributed by atoms with Gasteiger partial charge in [0, 0.05) is 11.3 Å². The number of ether oxygens (including phenoxy) is 2. The van der Waals surface area contributed by atoms with Crippen molar-refractivity contribution in [3.8, 4) is 23.3 Å². The van der Waals surface area contributed by atoms with Gasteiger partial charge in [-0.2, -0.15) is 5.26 Å². The van der Waals surface area contributed by atoms with E-state index in [1.807, 2.05) is 57.2 Å². The van der Waals surface area contributed by atoms with Crippen molar-refractivity contribution >= 4 is 34.6 Å². The number of para-hydroxylation sites is 1.